The second-order valence-electron chi connectivity index (χ2n) is 2.80. The highest BCUT2D eigenvalue weighted by atomic mass is 32.2. The van der Waals surface area contributed by atoms with Gasteiger partial charge in [0.15, 0.2) is 0 Å². The van der Waals surface area contributed by atoms with Crippen LogP contribution in [0.15, 0.2) is 11.0 Å². The molecular weight excluding hydrogens is 234 g/mol. The lowest BCUT2D eigenvalue weighted by molar-refractivity contribution is -0.145. The Morgan fingerprint density at radius 3 is 3.13 bits per heavy atom. The summed E-state index contributed by atoms with van der Waals surface area (Å²) in [5, 5.41) is 5.40. The molecule has 6 heteroatoms. The van der Waals surface area contributed by atoms with Crippen LogP contribution in [0.5, 0.6) is 0 Å². The van der Waals surface area contributed by atoms with Crippen molar-refractivity contribution in [3.63, 3.8) is 0 Å². The third kappa shape index (κ3) is 3.79. The first-order valence-corrected chi connectivity index (χ1v) is 6.74. The minimum atomic E-state index is -0.622. The maximum Gasteiger partial charge on any atom is 0.333 e. The zero-order valence-electron chi connectivity index (χ0n) is 8.39. The quantitative estimate of drug-likeness (QED) is 0.580. The average Bonchev–Trinajstić information content (AvgIpc) is 2.27. The molecule has 0 fully saturated rings. The van der Waals surface area contributed by atoms with Crippen LogP contribution in [-0.2, 0) is 14.3 Å². The van der Waals surface area contributed by atoms with Crippen molar-refractivity contribution in [2.45, 2.75) is 13.0 Å². The summed E-state index contributed by atoms with van der Waals surface area (Å²) in [6.07, 6.45) is 0.534. The Morgan fingerprint density at radius 2 is 2.60 bits per heavy atom. The van der Waals surface area contributed by atoms with Crippen molar-refractivity contribution < 1.29 is 14.3 Å². The molecule has 0 bridgehead atoms. The fourth-order valence-electron chi connectivity index (χ4n) is 1.15. The summed E-state index contributed by atoms with van der Waals surface area (Å²) < 4.78 is 4.89. The fraction of sp³-hybridized carbons (Fsp3) is 0.556. The number of carbonyl (C=O) groups is 2. The van der Waals surface area contributed by atoms with Crippen molar-refractivity contribution in [1.29, 1.82) is 0 Å². The van der Waals surface area contributed by atoms with Crippen LogP contribution < -0.4 is 5.32 Å². The van der Waals surface area contributed by atoms with Crippen LogP contribution in [-0.4, -0.2) is 35.9 Å². The molecule has 1 atom stereocenters. The van der Waals surface area contributed by atoms with Crippen molar-refractivity contribution in [2.75, 3.05) is 17.4 Å². The first-order chi connectivity index (χ1) is 7.29. The van der Waals surface area contributed by atoms with Gasteiger partial charge in [0.05, 0.1) is 6.61 Å². The van der Waals surface area contributed by atoms with Crippen molar-refractivity contribution in [1.82, 2.24) is 5.32 Å². The van der Waals surface area contributed by atoms with Gasteiger partial charge in [0.25, 0.3) is 0 Å². The third-order valence-electron chi connectivity index (χ3n) is 1.78. The van der Waals surface area contributed by atoms with Crippen molar-refractivity contribution in [2.24, 2.45) is 0 Å². The van der Waals surface area contributed by atoms with Gasteiger partial charge in [-0.1, -0.05) is 0 Å². The predicted octanol–water partition coefficient (Wildman–Crippen LogP) is 0.986. The largest absolute Gasteiger partial charge is 0.464 e. The van der Waals surface area contributed by atoms with Crippen LogP contribution in [0.2, 0.25) is 0 Å². The molecular formula is C9H13NO3S2. The van der Waals surface area contributed by atoms with E-state index in [-0.39, 0.29) is 5.97 Å². The molecule has 84 valence electrons. The molecule has 0 saturated carbocycles. The number of rotatable bonds is 5. The van der Waals surface area contributed by atoms with E-state index < -0.39 is 6.04 Å². The van der Waals surface area contributed by atoms with Crippen LogP contribution in [0.1, 0.15) is 6.92 Å². The number of hydrogen-bond donors (Lipinski definition) is 1. The van der Waals surface area contributed by atoms with Gasteiger partial charge in [-0.2, -0.15) is 0 Å². The Morgan fingerprint density at radius 1 is 1.80 bits per heavy atom. The lowest BCUT2D eigenvalue weighted by Crippen LogP contribution is -2.39. The number of esters is 1. The first-order valence-electron chi connectivity index (χ1n) is 4.54. The number of nitrogens with one attached hydrogen (secondary N) is 1. The van der Waals surface area contributed by atoms with Crippen molar-refractivity contribution in [3.8, 4) is 0 Å². The zero-order chi connectivity index (χ0) is 11.1. The molecule has 1 heterocycles. The van der Waals surface area contributed by atoms with Crippen molar-refractivity contribution in [3.05, 3.63) is 11.0 Å². The molecule has 1 aliphatic rings. The van der Waals surface area contributed by atoms with Crippen molar-refractivity contribution >= 4 is 35.9 Å². The molecule has 0 spiro atoms. The Balaban J connectivity index is 2.67. The molecule has 0 aromatic heterocycles. The van der Waals surface area contributed by atoms with Gasteiger partial charge in [-0.15, -0.1) is 23.5 Å². The van der Waals surface area contributed by atoms with E-state index in [1.165, 1.54) is 0 Å². The number of carbonyl (C=O) groups excluding carboxylic acids is 2. The average molecular weight is 247 g/mol. The molecule has 1 amide bonds. The van der Waals surface area contributed by atoms with Gasteiger partial charge in [-0.25, -0.2) is 4.79 Å². The lowest BCUT2D eigenvalue weighted by Gasteiger charge is -2.20. The molecule has 1 rings (SSSR count). The van der Waals surface area contributed by atoms with Crippen LogP contribution in [0.3, 0.4) is 0 Å². The second kappa shape index (κ2) is 6.79. The molecule has 15 heavy (non-hydrogen) atoms. The fourth-order valence-corrected chi connectivity index (χ4v) is 3.17. The van der Waals surface area contributed by atoms with E-state index in [2.05, 4.69) is 5.32 Å². The summed E-state index contributed by atoms with van der Waals surface area (Å²) >= 11 is 3.35. The molecule has 1 N–H and O–H groups in total. The summed E-state index contributed by atoms with van der Waals surface area (Å²) in [5.41, 5.74) is 0.904. The lowest BCUT2D eigenvalue weighted by atomic mass is 10.1. The van der Waals surface area contributed by atoms with Gasteiger partial charge in [-0.05, 0) is 17.9 Å². The molecule has 0 saturated heterocycles. The minimum Gasteiger partial charge on any atom is -0.464 e. The van der Waals surface area contributed by atoms with Gasteiger partial charge in [-0.3, -0.25) is 4.79 Å². The summed E-state index contributed by atoms with van der Waals surface area (Å²) in [7, 11) is 0. The number of amides is 1. The van der Waals surface area contributed by atoms with E-state index >= 15 is 0 Å². The summed E-state index contributed by atoms with van der Waals surface area (Å²) in [4.78, 5) is 21.9. The highest BCUT2D eigenvalue weighted by Gasteiger charge is 2.24. The summed E-state index contributed by atoms with van der Waals surface area (Å²) in [6.45, 7) is 2.07. The van der Waals surface area contributed by atoms with E-state index in [1.807, 2.05) is 5.41 Å². The van der Waals surface area contributed by atoms with Gasteiger partial charge < -0.3 is 10.1 Å². The third-order valence-corrected chi connectivity index (χ3v) is 4.00. The number of hydrogen-bond acceptors (Lipinski definition) is 5. The second-order valence-corrected chi connectivity index (χ2v) is 5.00. The molecule has 0 aromatic carbocycles. The molecule has 1 unspecified atom stereocenters. The van der Waals surface area contributed by atoms with Gasteiger partial charge >= 0.3 is 5.97 Å². The zero-order valence-corrected chi connectivity index (χ0v) is 10.0. The van der Waals surface area contributed by atoms with Crippen LogP contribution >= 0.6 is 23.5 Å². The Hall–Kier alpha value is -0.620. The molecule has 1 aliphatic heterocycles. The standard InChI is InChI=1S/C9H13NO3S2/c1-2-13-9(12)8(10-5-11)7-3-14-6-15-4-7/h3,5,8H,2,4,6H2,1H3,(H,10,11). The number of thioether (sulfide) groups is 2. The smallest absolute Gasteiger partial charge is 0.333 e. The highest BCUT2D eigenvalue weighted by molar-refractivity contribution is 8.18. The normalized spacial score (nSPS) is 17.5. The van der Waals surface area contributed by atoms with Crippen LogP contribution in [0.25, 0.3) is 0 Å². The van der Waals surface area contributed by atoms with E-state index in [0.29, 0.717) is 13.0 Å². The first kappa shape index (κ1) is 12.4. The van der Waals surface area contributed by atoms with Crippen LogP contribution in [0, 0.1) is 0 Å². The maximum absolute atomic E-state index is 11.5. The summed E-state index contributed by atoms with van der Waals surface area (Å²) in [5.74, 6) is 0.371. The molecule has 0 aliphatic carbocycles. The van der Waals surface area contributed by atoms with Crippen LogP contribution in [0.4, 0.5) is 0 Å². The van der Waals surface area contributed by atoms with E-state index in [4.69, 9.17) is 4.74 Å². The summed E-state index contributed by atoms with van der Waals surface area (Å²) in [6, 6.07) is -0.622. The SMILES string of the molecule is CCOC(=O)C(NC=O)C1=CSCSC1. The monoisotopic (exact) mass is 247 g/mol. The Bertz CT molecular complexity index is 268. The molecule has 0 radical (unpaired) electrons. The maximum atomic E-state index is 11.5. The highest BCUT2D eigenvalue weighted by Crippen LogP contribution is 2.26. The van der Waals surface area contributed by atoms with Gasteiger partial charge in [0, 0.05) is 10.8 Å². The number of ether oxygens (including phenoxy) is 1. The topological polar surface area (TPSA) is 55.4 Å². The van der Waals surface area contributed by atoms with E-state index in [1.54, 1.807) is 30.4 Å². The van der Waals surface area contributed by atoms with E-state index in [0.717, 1.165) is 16.4 Å². The molecule has 4 nitrogen and oxygen atoms in total. The van der Waals surface area contributed by atoms with Gasteiger partial charge in [0.1, 0.15) is 6.04 Å². The van der Waals surface area contributed by atoms with Gasteiger partial charge in [0.2, 0.25) is 6.41 Å². The molecule has 0 aromatic rings. The Labute approximate surface area is 97.2 Å². The predicted molar refractivity (Wildman–Crippen MR) is 62.6 cm³/mol. The Kier molecular flexibility index (Phi) is 5.63. The minimum absolute atomic E-state index is 0.323. The van der Waals surface area contributed by atoms with E-state index in [9.17, 15) is 9.59 Å².